The van der Waals surface area contributed by atoms with Crippen molar-refractivity contribution in [3.8, 4) is 11.5 Å². The monoisotopic (exact) mass is 335 g/mol. The lowest BCUT2D eigenvalue weighted by Gasteiger charge is -2.22. The lowest BCUT2D eigenvalue weighted by Crippen LogP contribution is -2.33. The van der Waals surface area contributed by atoms with Crippen molar-refractivity contribution >= 4 is 17.2 Å². The smallest absolute Gasteiger partial charge is 0.254 e. The van der Waals surface area contributed by atoms with E-state index in [-0.39, 0.29) is 5.91 Å². The van der Waals surface area contributed by atoms with Crippen LogP contribution in [0.4, 0.5) is 0 Å². The average Bonchev–Trinajstić information content (AvgIpc) is 3.10. The van der Waals surface area contributed by atoms with E-state index in [4.69, 9.17) is 14.2 Å². The van der Waals surface area contributed by atoms with Gasteiger partial charge in [0, 0.05) is 31.8 Å². The predicted octanol–water partition coefficient (Wildman–Crippen LogP) is 3.05. The van der Waals surface area contributed by atoms with Crippen molar-refractivity contribution in [1.82, 2.24) is 4.90 Å². The van der Waals surface area contributed by atoms with Crippen LogP contribution in [0.3, 0.4) is 0 Å². The van der Waals surface area contributed by atoms with Crippen LogP contribution < -0.4 is 9.47 Å². The van der Waals surface area contributed by atoms with Crippen LogP contribution >= 0.6 is 11.3 Å². The molecule has 2 rings (SSSR count). The van der Waals surface area contributed by atoms with Crippen LogP contribution in [0.5, 0.6) is 11.5 Å². The van der Waals surface area contributed by atoms with Crippen LogP contribution in [-0.4, -0.2) is 45.3 Å². The van der Waals surface area contributed by atoms with Crippen molar-refractivity contribution in [2.75, 3.05) is 34.5 Å². The highest BCUT2D eigenvalue weighted by molar-refractivity contribution is 7.07. The molecule has 0 bridgehead atoms. The van der Waals surface area contributed by atoms with E-state index in [9.17, 15) is 4.79 Å². The molecule has 0 unspecified atom stereocenters. The minimum absolute atomic E-state index is 0.0783. The van der Waals surface area contributed by atoms with Crippen molar-refractivity contribution < 1.29 is 19.0 Å². The van der Waals surface area contributed by atoms with Gasteiger partial charge < -0.3 is 19.1 Å². The van der Waals surface area contributed by atoms with Gasteiger partial charge in [-0.15, -0.1) is 0 Å². The number of rotatable bonds is 8. The number of methoxy groups -OCH3 is 3. The van der Waals surface area contributed by atoms with Gasteiger partial charge in [0.05, 0.1) is 20.8 Å². The standard InChI is InChI=1S/C17H21NO4S/c1-20-6-5-18(11-13-4-7-23-12-13)17(19)14-8-15(21-2)10-16(9-14)22-3/h4,7-10,12H,5-6,11H2,1-3H3. The van der Waals surface area contributed by atoms with Gasteiger partial charge >= 0.3 is 0 Å². The Balaban J connectivity index is 2.24. The zero-order chi connectivity index (χ0) is 16.7. The van der Waals surface area contributed by atoms with Crippen molar-refractivity contribution in [1.29, 1.82) is 0 Å². The summed E-state index contributed by atoms with van der Waals surface area (Å²) in [6.07, 6.45) is 0. The quantitative estimate of drug-likeness (QED) is 0.744. The Bertz CT molecular complexity index is 605. The number of ether oxygens (including phenoxy) is 3. The van der Waals surface area contributed by atoms with E-state index in [1.807, 2.05) is 16.8 Å². The average molecular weight is 335 g/mol. The van der Waals surface area contributed by atoms with Gasteiger partial charge in [-0.3, -0.25) is 4.79 Å². The Hall–Kier alpha value is -2.05. The largest absolute Gasteiger partial charge is 0.497 e. The van der Waals surface area contributed by atoms with E-state index in [0.29, 0.717) is 36.8 Å². The summed E-state index contributed by atoms with van der Waals surface area (Å²) < 4.78 is 15.6. The molecular weight excluding hydrogens is 314 g/mol. The molecular formula is C17H21NO4S. The van der Waals surface area contributed by atoms with Gasteiger partial charge in [0.2, 0.25) is 0 Å². The maximum atomic E-state index is 12.9. The van der Waals surface area contributed by atoms with E-state index >= 15 is 0 Å². The Morgan fingerprint density at radius 1 is 1.13 bits per heavy atom. The first-order valence-corrected chi connectivity index (χ1v) is 8.14. The minimum Gasteiger partial charge on any atom is -0.497 e. The highest BCUT2D eigenvalue weighted by atomic mass is 32.1. The van der Waals surface area contributed by atoms with Crippen molar-refractivity contribution in [2.24, 2.45) is 0 Å². The van der Waals surface area contributed by atoms with Crippen LogP contribution in [0.2, 0.25) is 0 Å². The normalized spacial score (nSPS) is 10.4. The van der Waals surface area contributed by atoms with E-state index in [1.165, 1.54) is 0 Å². The van der Waals surface area contributed by atoms with Crippen molar-refractivity contribution in [2.45, 2.75) is 6.54 Å². The summed E-state index contributed by atoms with van der Waals surface area (Å²) in [6, 6.07) is 7.20. The lowest BCUT2D eigenvalue weighted by atomic mass is 10.1. The molecule has 124 valence electrons. The van der Waals surface area contributed by atoms with Crippen LogP contribution in [0.25, 0.3) is 0 Å². The molecule has 1 aromatic heterocycles. The summed E-state index contributed by atoms with van der Waals surface area (Å²) in [5, 5.41) is 4.04. The Kier molecular flexibility index (Phi) is 6.43. The number of carbonyl (C=O) groups excluding carboxylic acids is 1. The Morgan fingerprint density at radius 3 is 2.35 bits per heavy atom. The first-order valence-electron chi connectivity index (χ1n) is 7.20. The van der Waals surface area contributed by atoms with Crippen LogP contribution in [-0.2, 0) is 11.3 Å². The van der Waals surface area contributed by atoms with Crippen LogP contribution in [0.15, 0.2) is 35.0 Å². The summed E-state index contributed by atoms with van der Waals surface area (Å²) in [7, 11) is 4.76. The number of hydrogen-bond acceptors (Lipinski definition) is 5. The first-order chi connectivity index (χ1) is 11.2. The molecule has 6 heteroatoms. The van der Waals surface area contributed by atoms with E-state index < -0.39 is 0 Å². The number of amides is 1. The van der Waals surface area contributed by atoms with Crippen LogP contribution in [0.1, 0.15) is 15.9 Å². The second kappa shape index (κ2) is 8.55. The molecule has 23 heavy (non-hydrogen) atoms. The molecule has 0 aliphatic rings. The summed E-state index contributed by atoms with van der Waals surface area (Å²) in [4.78, 5) is 14.6. The summed E-state index contributed by atoms with van der Waals surface area (Å²) >= 11 is 1.62. The fourth-order valence-corrected chi connectivity index (χ4v) is 2.83. The minimum atomic E-state index is -0.0783. The molecule has 0 aliphatic carbocycles. The van der Waals surface area contributed by atoms with Crippen LogP contribution in [0, 0.1) is 0 Å². The SMILES string of the molecule is COCCN(Cc1ccsc1)C(=O)c1cc(OC)cc(OC)c1. The van der Waals surface area contributed by atoms with Gasteiger partial charge in [-0.25, -0.2) is 0 Å². The highest BCUT2D eigenvalue weighted by Gasteiger charge is 2.18. The number of hydrogen-bond donors (Lipinski definition) is 0. The molecule has 1 amide bonds. The molecule has 0 aliphatic heterocycles. The lowest BCUT2D eigenvalue weighted by molar-refractivity contribution is 0.0680. The van der Waals surface area contributed by atoms with Gasteiger partial charge in [-0.05, 0) is 34.5 Å². The molecule has 0 N–H and O–H groups in total. The number of carbonyl (C=O) groups is 1. The molecule has 1 heterocycles. The second-order valence-corrected chi connectivity index (χ2v) is 5.73. The molecule has 0 atom stereocenters. The van der Waals surface area contributed by atoms with Gasteiger partial charge in [-0.1, -0.05) is 0 Å². The number of nitrogens with zero attached hydrogens (tertiary/aromatic N) is 1. The molecule has 0 saturated heterocycles. The Labute approximate surface area is 140 Å². The molecule has 0 spiro atoms. The molecule has 5 nitrogen and oxygen atoms in total. The summed E-state index contributed by atoms with van der Waals surface area (Å²) in [5.74, 6) is 1.11. The zero-order valence-electron chi connectivity index (χ0n) is 13.6. The van der Waals surface area contributed by atoms with Gasteiger partial charge in [0.25, 0.3) is 5.91 Å². The summed E-state index contributed by atoms with van der Waals surface area (Å²) in [5.41, 5.74) is 1.64. The maximum absolute atomic E-state index is 12.9. The van der Waals surface area contributed by atoms with Crippen molar-refractivity contribution in [3.05, 3.63) is 46.2 Å². The molecule has 2 aromatic rings. The number of thiophene rings is 1. The van der Waals surface area contributed by atoms with Gasteiger partial charge in [-0.2, -0.15) is 11.3 Å². The molecule has 1 aromatic carbocycles. The zero-order valence-corrected chi connectivity index (χ0v) is 14.4. The second-order valence-electron chi connectivity index (χ2n) is 4.95. The fraction of sp³-hybridized carbons (Fsp3) is 0.353. The summed E-state index contributed by atoms with van der Waals surface area (Å²) in [6.45, 7) is 1.55. The third-order valence-corrected chi connectivity index (χ3v) is 4.14. The maximum Gasteiger partial charge on any atom is 0.254 e. The van der Waals surface area contributed by atoms with Gasteiger partial charge in [0.1, 0.15) is 11.5 Å². The topological polar surface area (TPSA) is 48.0 Å². The fourth-order valence-electron chi connectivity index (χ4n) is 2.17. The molecule has 0 saturated carbocycles. The molecule has 0 fully saturated rings. The molecule has 0 radical (unpaired) electrons. The third kappa shape index (κ3) is 4.71. The van der Waals surface area contributed by atoms with Gasteiger partial charge in [0.15, 0.2) is 0 Å². The third-order valence-electron chi connectivity index (χ3n) is 3.40. The van der Waals surface area contributed by atoms with Crippen molar-refractivity contribution in [3.63, 3.8) is 0 Å². The Morgan fingerprint density at radius 2 is 1.83 bits per heavy atom. The predicted molar refractivity (Wildman–Crippen MR) is 90.5 cm³/mol. The number of benzene rings is 1. The van der Waals surface area contributed by atoms with E-state index in [1.54, 1.807) is 55.8 Å². The highest BCUT2D eigenvalue weighted by Crippen LogP contribution is 2.24. The van der Waals surface area contributed by atoms with E-state index in [0.717, 1.165) is 5.56 Å². The van der Waals surface area contributed by atoms with E-state index in [2.05, 4.69) is 0 Å². The first kappa shape index (κ1) is 17.3.